The third-order valence-corrected chi connectivity index (χ3v) is 6.52. The summed E-state index contributed by atoms with van der Waals surface area (Å²) in [6.07, 6.45) is 1.57. The average molecular weight is 402 g/mol. The average Bonchev–Trinajstić information content (AvgIpc) is 3.04. The molecule has 0 fully saturated rings. The first kappa shape index (κ1) is 20.5. The van der Waals surface area contributed by atoms with Gasteiger partial charge in [0.15, 0.2) is 0 Å². The van der Waals surface area contributed by atoms with Gasteiger partial charge in [0.2, 0.25) is 25.8 Å². The van der Waals surface area contributed by atoms with Crippen molar-refractivity contribution < 1.29 is 21.3 Å². The van der Waals surface area contributed by atoms with Crippen LogP contribution in [0.4, 0.5) is 0 Å². The van der Waals surface area contributed by atoms with Gasteiger partial charge in [-0.2, -0.15) is 4.72 Å². The smallest absolute Gasteiger partial charge is 0.335 e. The molecule has 144 valence electrons. The fraction of sp³-hybridized carbons (Fsp3) is 0.500. The summed E-state index contributed by atoms with van der Waals surface area (Å²) in [6.45, 7) is 7.22. The summed E-state index contributed by atoms with van der Waals surface area (Å²) in [6, 6.07) is 4.31. The highest BCUT2D eigenvalue weighted by atomic mass is 32.2. The van der Waals surface area contributed by atoms with Crippen LogP contribution >= 0.6 is 0 Å². The highest BCUT2D eigenvalue weighted by Gasteiger charge is 2.31. The van der Waals surface area contributed by atoms with Crippen LogP contribution < -0.4 is 4.72 Å². The summed E-state index contributed by atoms with van der Waals surface area (Å²) in [7, 11) is -7.54. The molecule has 0 aliphatic rings. The van der Waals surface area contributed by atoms with Gasteiger partial charge < -0.3 is 4.42 Å². The molecule has 2 atom stereocenters. The molecule has 2 aromatic rings. The highest BCUT2D eigenvalue weighted by Crippen LogP contribution is 2.27. The zero-order chi connectivity index (χ0) is 19.7. The molecule has 26 heavy (non-hydrogen) atoms. The second-order valence-corrected chi connectivity index (χ2v) is 10.0. The monoisotopic (exact) mass is 401 g/mol. The number of benzene rings is 1. The predicted octanol–water partition coefficient (Wildman–Crippen LogP) is 2.16. The molecular formula is C16H23N3O5S2. The van der Waals surface area contributed by atoms with Crippen LogP contribution in [0.25, 0.3) is 0 Å². The molecule has 1 aromatic carbocycles. The molecule has 10 heteroatoms. The van der Waals surface area contributed by atoms with Crippen LogP contribution in [0, 0.1) is 19.8 Å². The topological polar surface area (TPSA) is 119 Å². The van der Waals surface area contributed by atoms with Gasteiger partial charge in [-0.1, -0.05) is 37.5 Å². The van der Waals surface area contributed by atoms with E-state index in [4.69, 9.17) is 4.42 Å². The van der Waals surface area contributed by atoms with Crippen LogP contribution in [0.2, 0.25) is 0 Å². The zero-order valence-corrected chi connectivity index (χ0v) is 17.0. The number of rotatable bonds is 7. The minimum atomic E-state index is -3.87. The Morgan fingerprint density at radius 3 is 2.35 bits per heavy atom. The second kappa shape index (κ2) is 7.45. The molecule has 0 unspecified atom stereocenters. The Labute approximate surface area is 154 Å². The van der Waals surface area contributed by atoms with E-state index in [0.717, 1.165) is 11.8 Å². The van der Waals surface area contributed by atoms with Gasteiger partial charge in [-0.15, -0.1) is 5.10 Å². The van der Waals surface area contributed by atoms with E-state index in [9.17, 15) is 16.8 Å². The third kappa shape index (κ3) is 4.49. The Morgan fingerprint density at radius 1 is 1.15 bits per heavy atom. The lowest BCUT2D eigenvalue weighted by molar-refractivity contribution is 0.312. The van der Waals surface area contributed by atoms with Crippen molar-refractivity contribution in [2.75, 3.05) is 6.26 Å². The molecule has 1 aromatic heterocycles. The van der Waals surface area contributed by atoms with Crippen LogP contribution in [0.3, 0.4) is 0 Å². The van der Waals surface area contributed by atoms with Gasteiger partial charge in [0.05, 0.1) is 4.90 Å². The van der Waals surface area contributed by atoms with Crippen molar-refractivity contribution in [2.45, 2.75) is 50.3 Å². The summed E-state index contributed by atoms with van der Waals surface area (Å²) < 4.78 is 56.7. The molecule has 1 heterocycles. The molecule has 0 aliphatic carbocycles. The second-order valence-electron chi connectivity index (χ2n) is 6.43. The number of nitrogens with one attached hydrogen (secondary N) is 1. The normalized spacial score (nSPS) is 15.0. The molecular weight excluding hydrogens is 378 g/mol. The number of hydrogen-bond acceptors (Lipinski definition) is 7. The van der Waals surface area contributed by atoms with E-state index in [-0.39, 0.29) is 16.7 Å². The molecule has 0 saturated heterocycles. The molecule has 0 radical (unpaired) electrons. The number of hydrogen-bond donors (Lipinski definition) is 1. The zero-order valence-electron chi connectivity index (χ0n) is 15.3. The van der Waals surface area contributed by atoms with Gasteiger partial charge in [-0.05, 0) is 37.0 Å². The Kier molecular flexibility index (Phi) is 5.89. The van der Waals surface area contributed by atoms with Crippen LogP contribution in [0.1, 0.15) is 43.3 Å². The van der Waals surface area contributed by atoms with Gasteiger partial charge in [-0.25, -0.2) is 16.8 Å². The number of aromatic nitrogens is 2. The van der Waals surface area contributed by atoms with Crippen LogP contribution in [0.5, 0.6) is 0 Å². The van der Waals surface area contributed by atoms with Crippen molar-refractivity contribution >= 4 is 19.9 Å². The first-order valence-corrected chi connectivity index (χ1v) is 11.5. The van der Waals surface area contributed by atoms with Gasteiger partial charge in [0, 0.05) is 6.26 Å². The summed E-state index contributed by atoms with van der Waals surface area (Å²) in [5.41, 5.74) is 1.42. The number of sulfonamides is 1. The summed E-state index contributed by atoms with van der Waals surface area (Å²) in [5.74, 6) is -0.267. The van der Waals surface area contributed by atoms with Crippen molar-refractivity contribution in [1.29, 1.82) is 0 Å². The van der Waals surface area contributed by atoms with E-state index in [1.807, 2.05) is 19.9 Å². The van der Waals surface area contributed by atoms with Crippen molar-refractivity contribution in [3.8, 4) is 0 Å². The number of nitrogens with zero attached hydrogens (tertiary/aromatic N) is 2. The minimum absolute atomic E-state index is 0.0753. The third-order valence-electron chi connectivity index (χ3n) is 4.13. The van der Waals surface area contributed by atoms with Crippen molar-refractivity contribution in [3.63, 3.8) is 0 Å². The summed E-state index contributed by atoms with van der Waals surface area (Å²) in [5, 5.41) is 6.73. The molecule has 8 nitrogen and oxygen atoms in total. The van der Waals surface area contributed by atoms with Crippen LogP contribution in [0.15, 0.2) is 32.7 Å². The predicted molar refractivity (Wildman–Crippen MR) is 95.8 cm³/mol. The van der Waals surface area contributed by atoms with Crippen LogP contribution in [-0.2, 0) is 19.9 Å². The largest absolute Gasteiger partial charge is 0.411 e. The fourth-order valence-electron chi connectivity index (χ4n) is 2.37. The number of aryl methyl sites for hydroxylation is 2. The van der Waals surface area contributed by atoms with Gasteiger partial charge in [0.1, 0.15) is 6.04 Å². The summed E-state index contributed by atoms with van der Waals surface area (Å²) in [4.78, 5) is 0.161. The minimum Gasteiger partial charge on any atom is -0.411 e. The lowest BCUT2D eigenvalue weighted by Crippen LogP contribution is -2.33. The van der Waals surface area contributed by atoms with E-state index >= 15 is 0 Å². The molecule has 0 amide bonds. The fourth-order valence-corrected chi connectivity index (χ4v) is 4.42. The van der Waals surface area contributed by atoms with Crippen molar-refractivity contribution in [3.05, 3.63) is 35.2 Å². The molecule has 0 spiro atoms. The van der Waals surface area contributed by atoms with E-state index in [0.29, 0.717) is 12.0 Å². The molecule has 0 aliphatic heterocycles. The van der Waals surface area contributed by atoms with E-state index in [1.54, 1.807) is 26.0 Å². The lowest BCUT2D eigenvalue weighted by atomic mass is 10.0. The lowest BCUT2D eigenvalue weighted by Gasteiger charge is -2.21. The maximum atomic E-state index is 12.9. The molecule has 2 rings (SSSR count). The highest BCUT2D eigenvalue weighted by molar-refractivity contribution is 7.90. The van der Waals surface area contributed by atoms with Crippen LogP contribution in [-0.4, -0.2) is 33.3 Å². The molecule has 0 bridgehead atoms. The Morgan fingerprint density at radius 2 is 1.81 bits per heavy atom. The summed E-state index contributed by atoms with van der Waals surface area (Å²) >= 11 is 0. The Hall–Kier alpha value is -1.78. The molecule has 1 N–H and O–H groups in total. The Bertz CT molecular complexity index is 997. The van der Waals surface area contributed by atoms with Crippen molar-refractivity contribution in [1.82, 2.24) is 14.9 Å². The Balaban J connectivity index is 2.45. The molecule has 0 saturated carbocycles. The van der Waals surface area contributed by atoms with E-state index in [1.165, 1.54) is 0 Å². The van der Waals surface area contributed by atoms with Gasteiger partial charge >= 0.3 is 5.22 Å². The maximum Gasteiger partial charge on any atom is 0.335 e. The van der Waals surface area contributed by atoms with Gasteiger partial charge in [-0.3, -0.25) is 0 Å². The van der Waals surface area contributed by atoms with E-state index < -0.39 is 31.1 Å². The first-order chi connectivity index (χ1) is 12.0. The first-order valence-electron chi connectivity index (χ1n) is 8.08. The standard InChI is InChI=1S/C16H23N3O5S2/c1-6-11(3)14(15-17-18-16(24-15)25(5,20)21)19-26(22,23)13-9-10(2)7-8-12(13)4/h7-9,11,14,19H,6H2,1-5H3/t11-,14+/m1/s1. The maximum absolute atomic E-state index is 12.9. The quantitative estimate of drug-likeness (QED) is 0.755. The van der Waals surface area contributed by atoms with Gasteiger partial charge in [0.25, 0.3) is 0 Å². The number of sulfone groups is 1. The van der Waals surface area contributed by atoms with E-state index in [2.05, 4.69) is 14.9 Å². The van der Waals surface area contributed by atoms with Crippen molar-refractivity contribution in [2.24, 2.45) is 5.92 Å². The SMILES string of the molecule is CC[C@@H](C)[C@H](NS(=O)(=O)c1cc(C)ccc1C)c1nnc(S(C)(=O)=O)o1.